The van der Waals surface area contributed by atoms with Crippen LogP contribution in [0.3, 0.4) is 0 Å². The van der Waals surface area contributed by atoms with Crippen molar-refractivity contribution in [3.05, 3.63) is 71.0 Å². The monoisotopic (exact) mass is 459 g/mol. The predicted octanol–water partition coefficient (Wildman–Crippen LogP) is 5.43. The van der Waals surface area contributed by atoms with Crippen molar-refractivity contribution in [3.8, 4) is 28.7 Å². The van der Waals surface area contributed by atoms with E-state index in [-0.39, 0.29) is 12.5 Å². The Bertz CT molecular complexity index is 1330. The maximum atomic E-state index is 13.9. The van der Waals surface area contributed by atoms with Gasteiger partial charge in [-0.3, -0.25) is 4.79 Å². The van der Waals surface area contributed by atoms with Crippen LogP contribution >= 0.6 is 0 Å². The standard InChI is InChI=1S/C27H26FN3O3/c1-16-6-8-18(28)13-24(16)34-15-21-19(20-12-17(14-29)7-11-23(20)33-5)9-10-22-25(21)31(4)26(32)27(2,3)30-22/h6-13,30H,15H2,1-5H3. The number of anilines is 2. The molecule has 0 saturated carbocycles. The van der Waals surface area contributed by atoms with Gasteiger partial charge in [0.05, 0.1) is 30.1 Å². The van der Waals surface area contributed by atoms with Crippen LogP contribution < -0.4 is 19.7 Å². The molecular weight excluding hydrogens is 433 g/mol. The summed E-state index contributed by atoms with van der Waals surface area (Å²) in [5, 5.41) is 12.8. The minimum atomic E-state index is -0.779. The van der Waals surface area contributed by atoms with Gasteiger partial charge in [0.15, 0.2) is 0 Å². The molecule has 6 nitrogen and oxygen atoms in total. The number of carbonyl (C=O) groups excluding carboxylic acids is 1. The number of halogens is 1. The van der Waals surface area contributed by atoms with Gasteiger partial charge in [-0.15, -0.1) is 0 Å². The first-order valence-corrected chi connectivity index (χ1v) is 10.9. The Morgan fingerprint density at radius 1 is 1.09 bits per heavy atom. The van der Waals surface area contributed by atoms with Gasteiger partial charge >= 0.3 is 0 Å². The zero-order valence-electron chi connectivity index (χ0n) is 19.8. The van der Waals surface area contributed by atoms with Gasteiger partial charge < -0.3 is 19.7 Å². The quantitative estimate of drug-likeness (QED) is 0.551. The Kier molecular flexibility index (Phi) is 5.92. The van der Waals surface area contributed by atoms with E-state index in [0.29, 0.717) is 33.9 Å². The normalized spacial score (nSPS) is 14.1. The number of likely N-dealkylation sites (N-methyl/N-ethyl adjacent to an activating group) is 1. The molecule has 174 valence electrons. The van der Waals surface area contributed by atoms with Crippen molar-refractivity contribution in [2.75, 3.05) is 24.4 Å². The second-order valence-corrected chi connectivity index (χ2v) is 8.83. The summed E-state index contributed by atoms with van der Waals surface area (Å²) in [5.41, 5.74) is 4.10. The molecular formula is C27H26FN3O3. The van der Waals surface area contributed by atoms with Crippen molar-refractivity contribution < 1.29 is 18.7 Å². The van der Waals surface area contributed by atoms with Crippen LogP contribution in [0, 0.1) is 24.1 Å². The summed E-state index contributed by atoms with van der Waals surface area (Å²) < 4.78 is 25.5. The van der Waals surface area contributed by atoms with E-state index in [1.54, 1.807) is 43.3 Å². The third-order valence-corrected chi connectivity index (χ3v) is 6.05. The van der Waals surface area contributed by atoms with Crippen molar-refractivity contribution in [3.63, 3.8) is 0 Å². The minimum Gasteiger partial charge on any atom is -0.496 e. The van der Waals surface area contributed by atoms with E-state index in [0.717, 1.165) is 16.8 Å². The predicted molar refractivity (Wildman–Crippen MR) is 130 cm³/mol. The number of aryl methyl sites for hydroxylation is 1. The van der Waals surface area contributed by atoms with Gasteiger partial charge in [-0.1, -0.05) is 12.1 Å². The van der Waals surface area contributed by atoms with E-state index >= 15 is 0 Å². The van der Waals surface area contributed by atoms with Crippen LogP contribution in [-0.4, -0.2) is 25.6 Å². The third-order valence-electron chi connectivity index (χ3n) is 6.05. The number of hydrogen-bond acceptors (Lipinski definition) is 5. The molecule has 34 heavy (non-hydrogen) atoms. The van der Waals surface area contributed by atoms with E-state index in [9.17, 15) is 14.4 Å². The highest BCUT2D eigenvalue weighted by molar-refractivity contribution is 6.08. The highest BCUT2D eigenvalue weighted by Crippen LogP contribution is 2.44. The Hall–Kier alpha value is -4.05. The van der Waals surface area contributed by atoms with Gasteiger partial charge in [0.2, 0.25) is 0 Å². The fraction of sp³-hybridized carbons (Fsp3) is 0.259. The lowest BCUT2D eigenvalue weighted by Crippen LogP contribution is -2.52. The SMILES string of the molecule is COc1ccc(C#N)cc1-c1ccc2c(c1COc1cc(F)ccc1C)N(C)C(=O)C(C)(C)N2. The highest BCUT2D eigenvalue weighted by atomic mass is 19.1. The Balaban J connectivity index is 1.92. The molecule has 0 atom stereocenters. The number of nitriles is 1. The average Bonchev–Trinajstić information content (AvgIpc) is 2.82. The molecule has 1 amide bonds. The van der Waals surface area contributed by atoms with Crippen LogP contribution in [0.25, 0.3) is 11.1 Å². The topological polar surface area (TPSA) is 74.6 Å². The number of fused-ring (bicyclic) bond motifs is 1. The van der Waals surface area contributed by atoms with Crippen LogP contribution in [0.15, 0.2) is 48.5 Å². The van der Waals surface area contributed by atoms with Crippen LogP contribution in [0.4, 0.5) is 15.8 Å². The van der Waals surface area contributed by atoms with E-state index in [1.807, 2.05) is 32.9 Å². The first-order chi connectivity index (χ1) is 16.2. The fourth-order valence-electron chi connectivity index (χ4n) is 4.30. The van der Waals surface area contributed by atoms with Crippen LogP contribution in [0.1, 0.15) is 30.5 Å². The molecule has 1 aliphatic heterocycles. The van der Waals surface area contributed by atoms with Gasteiger partial charge in [-0.2, -0.15) is 5.26 Å². The Morgan fingerprint density at radius 2 is 1.85 bits per heavy atom. The Morgan fingerprint density at radius 3 is 2.56 bits per heavy atom. The Labute approximate surface area is 198 Å². The summed E-state index contributed by atoms with van der Waals surface area (Å²) in [6.45, 7) is 5.57. The van der Waals surface area contributed by atoms with Gasteiger partial charge in [0.25, 0.3) is 5.91 Å². The largest absolute Gasteiger partial charge is 0.496 e. The number of hydrogen-bond donors (Lipinski definition) is 1. The zero-order valence-corrected chi connectivity index (χ0v) is 19.8. The van der Waals surface area contributed by atoms with E-state index in [4.69, 9.17) is 9.47 Å². The van der Waals surface area contributed by atoms with Crippen molar-refractivity contribution in [1.29, 1.82) is 5.26 Å². The summed E-state index contributed by atoms with van der Waals surface area (Å²) in [6.07, 6.45) is 0. The number of rotatable bonds is 5. The third kappa shape index (κ3) is 4.03. The zero-order chi connectivity index (χ0) is 24.6. The lowest BCUT2D eigenvalue weighted by Gasteiger charge is -2.39. The number of benzene rings is 3. The maximum Gasteiger partial charge on any atom is 0.251 e. The molecule has 0 aliphatic carbocycles. The van der Waals surface area contributed by atoms with Crippen molar-refractivity contribution in [1.82, 2.24) is 0 Å². The number of carbonyl (C=O) groups is 1. The number of nitrogens with zero attached hydrogens (tertiary/aromatic N) is 2. The van der Waals surface area contributed by atoms with Gasteiger partial charge in [-0.25, -0.2) is 4.39 Å². The maximum absolute atomic E-state index is 13.9. The summed E-state index contributed by atoms with van der Waals surface area (Å²) in [4.78, 5) is 14.7. The molecule has 4 rings (SSSR count). The molecule has 0 spiro atoms. The molecule has 3 aromatic carbocycles. The molecule has 7 heteroatoms. The van der Waals surface area contributed by atoms with E-state index in [1.165, 1.54) is 12.1 Å². The highest BCUT2D eigenvalue weighted by Gasteiger charge is 2.38. The van der Waals surface area contributed by atoms with E-state index in [2.05, 4.69) is 11.4 Å². The van der Waals surface area contributed by atoms with Gasteiger partial charge in [-0.05, 0) is 62.2 Å². The molecule has 1 N–H and O–H groups in total. The first kappa shape index (κ1) is 23.1. The minimum absolute atomic E-state index is 0.0719. The molecule has 0 radical (unpaired) electrons. The van der Waals surface area contributed by atoms with Crippen molar-refractivity contribution in [2.45, 2.75) is 32.9 Å². The average molecular weight is 460 g/mol. The molecule has 1 aliphatic rings. The number of methoxy groups -OCH3 is 1. The summed E-state index contributed by atoms with van der Waals surface area (Å²) in [7, 11) is 3.29. The van der Waals surface area contributed by atoms with Gasteiger partial charge in [0.1, 0.15) is 29.5 Å². The fourth-order valence-corrected chi connectivity index (χ4v) is 4.30. The van der Waals surface area contributed by atoms with Crippen molar-refractivity contribution in [2.24, 2.45) is 0 Å². The summed E-state index contributed by atoms with van der Waals surface area (Å²) in [6, 6.07) is 15.6. The number of nitrogens with one attached hydrogen (secondary N) is 1. The molecule has 0 saturated heterocycles. The lowest BCUT2D eigenvalue weighted by molar-refractivity contribution is -0.121. The smallest absolute Gasteiger partial charge is 0.251 e. The number of amides is 1. The summed E-state index contributed by atoms with van der Waals surface area (Å²) >= 11 is 0. The number of ether oxygens (including phenoxy) is 2. The van der Waals surface area contributed by atoms with Crippen molar-refractivity contribution >= 4 is 17.3 Å². The van der Waals surface area contributed by atoms with E-state index < -0.39 is 11.4 Å². The summed E-state index contributed by atoms with van der Waals surface area (Å²) in [5.74, 6) is 0.507. The van der Waals surface area contributed by atoms with Crippen LogP contribution in [0.5, 0.6) is 11.5 Å². The van der Waals surface area contributed by atoms with Crippen LogP contribution in [0.2, 0.25) is 0 Å². The van der Waals surface area contributed by atoms with Gasteiger partial charge in [0, 0.05) is 24.2 Å². The lowest BCUT2D eigenvalue weighted by atomic mass is 9.91. The van der Waals surface area contributed by atoms with Crippen LogP contribution in [-0.2, 0) is 11.4 Å². The first-order valence-electron chi connectivity index (χ1n) is 10.9. The molecule has 0 aromatic heterocycles. The molecule has 3 aromatic rings. The second-order valence-electron chi connectivity index (χ2n) is 8.83. The molecule has 0 fully saturated rings. The molecule has 0 unspecified atom stereocenters. The molecule has 1 heterocycles. The second kappa shape index (κ2) is 8.71. The molecule has 0 bridgehead atoms.